The van der Waals surface area contributed by atoms with Gasteiger partial charge in [-0.2, -0.15) is 0 Å². The molecule has 0 fully saturated rings. The summed E-state index contributed by atoms with van der Waals surface area (Å²) in [6, 6.07) is 0. The molecule has 0 amide bonds. The first-order valence-electron chi connectivity index (χ1n) is 4.63. The van der Waals surface area contributed by atoms with Crippen molar-refractivity contribution in [3.8, 4) is 0 Å². The highest BCUT2D eigenvalue weighted by Crippen LogP contribution is 1.98. The summed E-state index contributed by atoms with van der Waals surface area (Å²) in [5.74, 6) is 0. The molecule has 0 N–H and O–H groups in total. The molecule has 0 aliphatic heterocycles. The van der Waals surface area contributed by atoms with E-state index in [1.165, 1.54) is 0 Å². The van der Waals surface area contributed by atoms with E-state index in [-0.39, 0.29) is 0 Å². The first kappa shape index (κ1) is 9.05. The van der Waals surface area contributed by atoms with Crippen LogP contribution in [-0.4, -0.2) is 0 Å². The fourth-order valence-electron chi connectivity index (χ4n) is 1.08. The summed E-state index contributed by atoms with van der Waals surface area (Å²) in [7, 11) is 0. The minimum Gasteiger partial charge on any atom is -0.0842 e. The van der Waals surface area contributed by atoms with Gasteiger partial charge in [0.05, 0.1) is 0 Å². The maximum absolute atomic E-state index is 2.21. The molecule has 0 saturated carbocycles. The molecule has 0 aromatic heterocycles. The fraction of sp³-hybridized carbons (Fsp3) is 0.333. The van der Waals surface area contributed by atoms with E-state index < -0.39 is 0 Å². The summed E-state index contributed by atoms with van der Waals surface area (Å²) < 4.78 is 0. The summed E-state index contributed by atoms with van der Waals surface area (Å²) in [6.45, 7) is 0. The van der Waals surface area contributed by atoms with Crippen molar-refractivity contribution in [1.29, 1.82) is 0 Å². The highest BCUT2D eigenvalue weighted by atomic mass is 13.8. The third-order valence-corrected chi connectivity index (χ3v) is 1.77. The van der Waals surface area contributed by atoms with Gasteiger partial charge in [-0.1, -0.05) is 48.6 Å². The van der Waals surface area contributed by atoms with Crippen LogP contribution in [0.3, 0.4) is 0 Å². The van der Waals surface area contributed by atoms with Crippen molar-refractivity contribution in [1.82, 2.24) is 0 Å². The van der Waals surface area contributed by atoms with Crippen molar-refractivity contribution < 1.29 is 0 Å². The predicted molar refractivity (Wildman–Crippen MR) is 55.0 cm³/mol. The molecule has 64 valence electrons. The lowest BCUT2D eigenvalue weighted by Gasteiger charge is -1.88. The fourth-order valence-corrected chi connectivity index (χ4v) is 1.08. The van der Waals surface area contributed by atoms with Crippen LogP contribution < -0.4 is 0 Å². The average Bonchev–Trinajstić information content (AvgIpc) is 2.05. The van der Waals surface area contributed by atoms with Crippen molar-refractivity contribution in [3.05, 3.63) is 48.6 Å². The minimum absolute atomic E-state index is 1.15. The zero-order valence-corrected chi connectivity index (χ0v) is 7.45. The van der Waals surface area contributed by atoms with Crippen molar-refractivity contribution in [2.75, 3.05) is 0 Å². The normalized spacial score (nSPS) is 18.7. The molecular weight excluding hydrogens is 144 g/mol. The Labute approximate surface area is 75.0 Å². The van der Waals surface area contributed by atoms with Gasteiger partial charge in [-0.3, -0.25) is 0 Å². The molecular formula is C12H16. The standard InChI is InChI=1S/C12H16/c1-2-4-6-8-10-12-11-9-7-5-3-1/h1-4,9-12H,5-8H2. The second-order valence-electron chi connectivity index (χ2n) is 2.87. The average molecular weight is 160 g/mol. The number of rotatable bonds is 0. The van der Waals surface area contributed by atoms with Gasteiger partial charge in [-0.05, 0) is 25.7 Å². The lowest BCUT2D eigenvalue weighted by atomic mass is 10.2. The Morgan fingerprint density at radius 1 is 0.417 bits per heavy atom. The molecule has 12 heavy (non-hydrogen) atoms. The van der Waals surface area contributed by atoms with Gasteiger partial charge in [-0.15, -0.1) is 0 Å². The van der Waals surface area contributed by atoms with Crippen LogP contribution in [0.1, 0.15) is 25.7 Å². The zero-order valence-electron chi connectivity index (χ0n) is 7.45. The van der Waals surface area contributed by atoms with Gasteiger partial charge in [0.1, 0.15) is 0 Å². The molecule has 0 heteroatoms. The van der Waals surface area contributed by atoms with Crippen molar-refractivity contribution in [3.63, 3.8) is 0 Å². The van der Waals surface area contributed by atoms with E-state index in [0.29, 0.717) is 0 Å². The lowest BCUT2D eigenvalue weighted by Crippen LogP contribution is -1.67. The van der Waals surface area contributed by atoms with Crippen LogP contribution in [0.4, 0.5) is 0 Å². The Kier molecular flexibility index (Phi) is 5.02. The number of allylic oxidation sites excluding steroid dienone is 8. The smallest absolute Gasteiger partial charge is 0.0313 e. The van der Waals surface area contributed by atoms with Crippen LogP contribution >= 0.6 is 0 Å². The molecule has 0 bridgehead atoms. The third kappa shape index (κ3) is 4.73. The highest BCUT2D eigenvalue weighted by Gasteiger charge is 1.78. The molecule has 0 nitrogen and oxygen atoms in total. The Morgan fingerprint density at radius 2 is 0.667 bits per heavy atom. The first-order chi connectivity index (χ1) is 6.00. The maximum Gasteiger partial charge on any atom is -0.0313 e. The second-order valence-corrected chi connectivity index (χ2v) is 2.87. The molecule has 0 unspecified atom stereocenters. The molecule has 0 saturated heterocycles. The van der Waals surface area contributed by atoms with E-state index in [9.17, 15) is 0 Å². The summed E-state index contributed by atoms with van der Waals surface area (Å²) in [6.07, 6.45) is 22.0. The largest absolute Gasteiger partial charge is 0.0842 e. The molecule has 0 spiro atoms. The third-order valence-electron chi connectivity index (χ3n) is 1.77. The first-order valence-corrected chi connectivity index (χ1v) is 4.63. The Morgan fingerprint density at radius 3 is 0.917 bits per heavy atom. The van der Waals surface area contributed by atoms with Gasteiger partial charge in [0.2, 0.25) is 0 Å². The van der Waals surface area contributed by atoms with Crippen LogP contribution in [0, 0.1) is 0 Å². The molecule has 0 atom stereocenters. The summed E-state index contributed by atoms with van der Waals surface area (Å²) in [4.78, 5) is 0. The molecule has 1 rings (SSSR count). The van der Waals surface area contributed by atoms with E-state index in [0.717, 1.165) is 25.7 Å². The lowest BCUT2D eigenvalue weighted by molar-refractivity contribution is 1.04. The van der Waals surface area contributed by atoms with Crippen molar-refractivity contribution in [2.45, 2.75) is 25.7 Å². The molecule has 0 heterocycles. The second kappa shape index (κ2) is 6.66. The van der Waals surface area contributed by atoms with E-state index in [1.807, 2.05) is 0 Å². The minimum atomic E-state index is 1.15. The van der Waals surface area contributed by atoms with Crippen molar-refractivity contribution in [2.24, 2.45) is 0 Å². The monoisotopic (exact) mass is 160 g/mol. The van der Waals surface area contributed by atoms with E-state index >= 15 is 0 Å². The van der Waals surface area contributed by atoms with Crippen LogP contribution in [0.2, 0.25) is 0 Å². The molecule has 1 aliphatic rings. The van der Waals surface area contributed by atoms with Gasteiger partial charge in [0.15, 0.2) is 0 Å². The van der Waals surface area contributed by atoms with Crippen LogP contribution in [0.25, 0.3) is 0 Å². The summed E-state index contributed by atoms with van der Waals surface area (Å²) in [5.41, 5.74) is 0. The zero-order chi connectivity index (χ0) is 8.49. The van der Waals surface area contributed by atoms with Gasteiger partial charge >= 0.3 is 0 Å². The Hall–Kier alpha value is -1.04. The maximum atomic E-state index is 2.21. The van der Waals surface area contributed by atoms with E-state index in [1.54, 1.807) is 0 Å². The Bertz CT molecular complexity index is 156. The summed E-state index contributed by atoms with van der Waals surface area (Å²) >= 11 is 0. The predicted octanol–water partition coefficient (Wildman–Crippen LogP) is 3.79. The van der Waals surface area contributed by atoms with Crippen LogP contribution in [-0.2, 0) is 0 Å². The van der Waals surface area contributed by atoms with Crippen LogP contribution in [0.15, 0.2) is 48.6 Å². The Balaban J connectivity index is 2.40. The van der Waals surface area contributed by atoms with Gasteiger partial charge in [0, 0.05) is 0 Å². The number of hydrogen-bond donors (Lipinski definition) is 0. The van der Waals surface area contributed by atoms with Crippen molar-refractivity contribution >= 4 is 0 Å². The van der Waals surface area contributed by atoms with Gasteiger partial charge in [0.25, 0.3) is 0 Å². The summed E-state index contributed by atoms with van der Waals surface area (Å²) in [5, 5.41) is 0. The molecule has 0 aromatic carbocycles. The van der Waals surface area contributed by atoms with Gasteiger partial charge < -0.3 is 0 Å². The van der Waals surface area contributed by atoms with E-state index in [2.05, 4.69) is 48.6 Å². The molecule has 1 aliphatic carbocycles. The van der Waals surface area contributed by atoms with E-state index in [4.69, 9.17) is 0 Å². The quantitative estimate of drug-likeness (QED) is 0.506. The highest BCUT2D eigenvalue weighted by molar-refractivity contribution is 5.07. The molecule has 0 aromatic rings. The molecule has 0 radical (unpaired) electrons. The topological polar surface area (TPSA) is 0 Å². The number of hydrogen-bond acceptors (Lipinski definition) is 0. The van der Waals surface area contributed by atoms with Gasteiger partial charge in [-0.25, -0.2) is 0 Å². The SMILES string of the molecule is C1=CCCC=CC=CCCC=C1. The van der Waals surface area contributed by atoms with Crippen LogP contribution in [0.5, 0.6) is 0 Å².